The van der Waals surface area contributed by atoms with Crippen molar-refractivity contribution in [1.29, 1.82) is 0 Å². The standard InChI is InChI=1S/C19H26N6O3S/c26-19(21-16-6-2-1-3-7-16)15-5-4-12-24(13-15)29(27,28)18-10-8-17(9-11-18)25-14-20-22-23-25/h8-11,14-16H,1-7,12-13H2,(H,21,26)/t15-/m1/s1. The molecule has 1 N–H and O–H groups in total. The van der Waals surface area contributed by atoms with Crippen molar-refractivity contribution in [3.05, 3.63) is 30.6 Å². The predicted molar refractivity (Wildman–Crippen MR) is 106 cm³/mol. The van der Waals surface area contributed by atoms with Gasteiger partial charge in [-0.15, -0.1) is 5.10 Å². The molecule has 4 rings (SSSR count). The second-order valence-electron chi connectivity index (χ2n) is 7.79. The number of rotatable bonds is 5. The first-order valence-electron chi connectivity index (χ1n) is 10.2. The Morgan fingerprint density at radius 2 is 1.79 bits per heavy atom. The molecule has 0 radical (unpaired) electrons. The summed E-state index contributed by atoms with van der Waals surface area (Å²) in [5.74, 6) is -0.299. The lowest BCUT2D eigenvalue weighted by Crippen LogP contribution is -2.47. The maximum absolute atomic E-state index is 13.1. The second-order valence-corrected chi connectivity index (χ2v) is 9.73. The van der Waals surface area contributed by atoms with Gasteiger partial charge in [0.15, 0.2) is 0 Å². The summed E-state index contributed by atoms with van der Waals surface area (Å²) in [6.45, 7) is 0.667. The first kappa shape index (κ1) is 20.0. The number of nitrogens with one attached hydrogen (secondary N) is 1. The first-order valence-corrected chi connectivity index (χ1v) is 11.6. The zero-order chi connectivity index (χ0) is 20.3. The van der Waals surface area contributed by atoms with Crippen molar-refractivity contribution in [3.63, 3.8) is 0 Å². The van der Waals surface area contributed by atoms with E-state index in [1.54, 1.807) is 24.3 Å². The number of nitrogens with zero attached hydrogens (tertiary/aromatic N) is 5. The molecule has 156 valence electrons. The lowest BCUT2D eigenvalue weighted by Gasteiger charge is -2.32. The van der Waals surface area contributed by atoms with Crippen LogP contribution < -0.4 is 5.32 Å². The zero-order valence-corrected chi connectivity index (χ0v) is 17.1. The van der Waals surface area contributed by atoms with Crippen LogP contribution in [0.1, 0.15) is 44.9 Å². The summed E-state index contributed by atoms with van der Waals surface area (Å²) < 4.78 is 29.1. The number of sulfonamides is 1. The van der Waals surface area contributed by atoms with Gasteiger partial charge in [-0.2, -0.15) is 4.31 Å². The lowest BCUT2D eigenvalue weighted by molar-refractivity contribution is -0.127. The van der Waals surface area contributed by atoms with Crippen LogP contribution in [0.5, 0.6) is 0 Å². The highest BCUT2D eigenvalue weighted by Gasteiger charge is 2.34. The van der Waals surface area contributed by atoms with Crippen molar-refractivity contribution in [2.45, 2.75) is 55.9 Å². The molecule has 2 aliphatic rings. The summed E-state index contributed by atoms with van der Waals surface area (Å²) in [6, 6.07) is 6.68. The highest BCUT2D eigenvalue weighted by Crippen LogP contribution is 2.25. The minimum Gasteiger partial charge on any atom is -0.353 e. The van der Waals surface area contributed by atoms with E-state index in [2.05, 4.69) is 20.8 Å². The molecule has 1 amide bonds. The summed E-state index contributed by atoms with van der Waals surface area (Å²) in [7, 11) is -3.65. The quantitative estimate of drug-likeness (QED) is 0.788. The summed E-state index contributed by atoms with van der Waals surface area (Å²) >= 11 is 0. The molecule has 1 atom stereocenters. The van der Waals surface area contributed by atoms with E-state index in [0.29, 0.717) is 18.7 Å². The third-order valence-corrected chi connectivity index (χ3v) is 7.67. The Morgan fingerprint density at radius 1 is 1.03 bits per heavy atom. The van der Waals surface area contributed by atoms with Gasteiger partial charge in [-0.1, -0.05) is 19.3 Å². The molecule has 1 aromatic heterocycles. The Morgan fingerprint density at radius 3 is 2.48 bits per heavy atom. The molecule has 10 heteroatoms. The maximum atomic E-state index is 13.1. The van der Waals surface area contributed by atoms with Crippen molar-refractivity contribution < 1.29 is 13.2 Å². The third kappa shape index (κ3) is 4.48. The first-order chi connectivity index (χ1) is 14.0. The van der Waals surface area contributed by atoms with Gasteiger partial charge in [0.2, 0.25) is 15.9 Å². The van der Waals surface area contributed by atoms with E-state index in [0.717, 1.165) is 32.1 Å². The van der Waals surface area contributed by atoms with Crippen LogP contribution in [-0.2, 0) is 14.8 Å². The molecular weight excluding hydrogens is 392 g/mol. The van der Waals surface area contributed by atoms with Crippen LogP contribution in [0.15, 0.2) is 35.5 Å². The molecule has 1 saturated heterocycles. The van der Waals surface area contributed by atoms with E-state index in [1.165, 1.54) is 21.7 Å². The number of aromatic nitrogens is 4. The summed E-state index contributed by atoms with van der Waals surface area (Å²) in [5.41, 5.74) is 0.678. The number of benzene rings is 1. The molecule has 2 aromatic rings. The van der Waals surface area contributed by atoms with Gasteiger partial charge in [0.1, 0.15) is 6.33 Å². The molecule has 0 spiro atoms. The van der Waals surface area contributed by atoms with E-state index < -0.39 is 10.0 Å². The van der Waals surface area contributed by atoms with Crippen LogP contribution in [0.25, 0.3) is 5.69 Å². The van der Waals surface area contributed by atoms with E-state index in [-0.39, 0.29) is 29.3 Å². The van der Waals surface area contributed by atoms with Crippen LogP contribution in [0, 0.1) is 5.92 Å². The fourth-order valence-corrected chi connectivity index (χ4v) is 5.66. The van der Waals surface area contributed by atoms with Gasteiger partial charge in [-0.3, -0.25) is 4.79 Å². The molecule has 0 unspecified atom stereocenters. The highest BCUT2D eigenvalue weighted by atomic mass is 32.2. The van der Waals surface area contributed by atoms with Gasteiger partial charge < -0.3 is 5.32 Å². The SMILES string of the molecule is O=C(NC1CCCCC1)[C@@H]1CCCN(S(=O)(=O)c2ccc(-n3cnnn3)cc2)C1. The second kappa shape index (κ2) is 8.58. The molecule has 29 heavy (non-hydrogen) atoms. The van der Waals surface area contributed by atoms with Crippen molar-refractivity contribution in [2.24, 2.45) is 5.92 Å². The minimum atomic E-state index is -3.65. The number of carbonyl (C=O) groups excluding carboxylic acids is 1. The highest BCUT2D eigenvalue weighted by molar-refractivity contribution is 7.89. The third-order valence-electron chi connectivity index (χ3n) is 5.79. The Hall–Kier alpha value is -2.33. The average molecular weight is 419 g/mol. The van der Waals surface area contributed by atoms with Crippen LogP contribution in [0.3, 0.4) is 0 Å². The van der Waals surface area contributed by atoms with Crippen LogP contribution in [-0.4, -0.2) is 58.0 Å². The minimum absolute atomic E-state index is 0.00849. The zero-order valence-electron chi connectivity index (χ0n) is 16.3. The molecule has 1 aromatic carbocycles. The summed E-state index contributed by atoms with van der Waals surface area (Å²) in [6.07, 6.45) is 8.43. The number of hydrogen-bond acceptors (Lipinski definition) is 6. The maximum Gasteiger partial charge on any atom is 0.243 e. The smallest absolute Gasteiger partial charge is 0.243 e. The van der Waals surface area contributed by atoms with Crippen molar-refractivity contribution in [3.8, 4) is 5.69 Å². The number of hydrogen-bond donors (Lipinski definition) is 1. The van der Waals surface area contributed by atoms with E-state index in [1.807, 2.05) is 0 Å². The number of tetrazole rings is 1. The lowest BCUT2D eigenvalue weighted by atomic mass is 9.93. The molecule has 0 bridgehead atoms. The Bertz CT molecular complexity index is 923. The molecule has 2 heterocycles. The Kier molecular flexibility index (Phi) is 5.91. The number of amides is 1. The Labute approximate surface area is 170 Å². The van der Waals surface area contributed by atoms with Gasteiger partial charge >= 0.3 is 0 Å². The van der Waals surface area contributed by atoms with E-state index in [4.69, 9.17) is 0 Å². The fraction of sp³-hybridized carbons (Fsp3) is 0.579. The largest absolute Gasteiger partial charge is 0.353 e. The van der Waals surface area contributed by atoms with Crippen LogP contribution in [0.4, 0.5) is 0 Å². The van der Waals surface area contributed by atoms with Gasteiger partial charge in [-0.05, 0) is 60.4 Å². The van der Waals surface area contributed by atoms with Crippen molar-refractivity contribution >= 4 is 15.9 Å². The Balaban J connectivity index is 1.43. The van der Waals surface area contributed by atoms with Gasteiger partial charge in [-0.25, -0.2) is 13.1 Å². The van der Waals surface area contributed by atoms with Crippen molar-refractivity contribution in [1.82, 2.24) is 29.8 Å². The predicted octanol–water partition coefficient (Wildman–Crippen LogP) is 1.51. The monoisotopic (exact) mass is 418 g/mol. The fourth-order valence-electron chi connectivity index (χ4n) is 4.14. The molecule has 9 nitrogen and oxygen atoms in total. The molecule has 2 fully saturated rings. The van der Waals surface area contributed by atoms with Crippen molar-refractivity contribution in [2.75, 3.05) is 13.1 Å². The number of carbonyl (C=O) groups is 1. The topological polar surface area (TPSA) is 110 Å². The van der Waals surface area contributed by atoms with Gasteiger partial charge in [0.05, 0.1) is 16.5 Å². The van der Waals surface area contributed by atoms with Gasteiger partial charge in [0, 0.05) is 19.1 Å². The van der Waals surface area contributed by atoms with Crippen LogP contribution in [0.2, 0.25) is 0 Å². The van der Waals surface area contributed by atoms with Gasteiger partial charge in [0.25, 0.3) is 0 Å². The molecular formula is C19H26N6O3S. The number of piperidine rings is 1. The summed E-state index contributed by atoms with van der Waals surface area (Å²) in [5, 5.41) is 14.1. The summed E-state index contributed by atoms with van der Waals surface area (Å²) in [4.78, 5) is 12.9. The molecule has 1 aliphatic carbocycles. The van der Waals surface area contributed by atoms with Crippen LogP contribution >= 0.6 is 0 Å². The molecule has 1 saturated carbocycles. The van der Waals surface area contributed by atoms with E-state index in [9.17, 15) is 13.2 Å². The molecule has 1 aliphatic heterocycles. The normalized spacial score (nSPS) is 21.7. The average Bonchev–Trinajstić information content (AvgIpc) is 3.30. The van der Waals surface area contributed by atoms with E-state index >= 15 is 0 Å².